The van der Waals surface area contributed by atoms with Crippen molar-refractivity contribution in [1.82, 2.24) is 25.1 Å². The minimum Gasteiger partial charge on any atom is -0.333 e. The molecule has 4 rings (SSSR count). The summed E-state index contributed by atoms with van der Waals surface area (Å²) in [5.41, 5.74) is 2.15. The van der Waals surface area contributed by atoms with Gasteiger partial charge in [0.15, 0.2) is 5.69 Å². The van der Waals surface area contributed by atoms with Crippen LogP contribution >= 0.6 is 11.3 Å². The molecule has 8 heteroatoms. The molecule has 0 spiro atoms. The molecule has 0 saturated carbocycles. The van der Waals surface area contributed by atoms with E-state index in [0.29, 0.717) is 24.0 Å². The van der Waals surface area contributed by atoms with Gasteiger partial charge in [-0.2, -0.15) is 4.98 Å². The third-order valence-electron chi connectivity index (χ3n) is 3.57. The van der Waals surface area contributed by atoms with Crippen LogP contribution in [0.4, 0.5) is 4.39 Å². The highest BCUT2D eigenvalue weighted by Gasteiger charge is 2.18. The monoisotopic (exact) mass is 341 g/mol. The average molecular weight is 341 g/mol. The number of thiophene rings is 1. The highest BCUT2D eigenvalue weighted by atomic mass is 32.1. The molecule has 0 aliphatic heterocycles. The van der Waals surface area contributed by atoms with Gasteiger partial charge in [-0.25, -0.2) is 9.07 Å². The summed E-state index contributed by atoms with van der Waals surface area (Å²) in [6.45, 7) is 2.29. The third kappa shape index (κ3) is 2.71. The largest absolute Gasteiger partial charge is 0.333 e. The molecule has 0 aliphatic carbocycles. The number of rotatable bonds is 4. The summed E-state index contributed by atoms with van der Waals surface area (Å²) in [4.78, 5) is 5.28. The molecule has 0 unspecified atom stereocenters. The number of hydrogen-bond donors (Lipinski definition) is 0. The van der Waals surface area contributed by atoms with Crippen LogP contribution in [-0.2, 0) is 6.54 Å². The maximum absolute atomic E-state index is 13.3. The first kappa shape index (κ1) is 14.7. The van der Waals surface area contributed by atoms with Crippen LogP contribution in [0.5, 0.6) is 0 Å². The van der Waals surface area contributed by atoms with Crippen LogP contribution in [0.1, 0.15) is 11.3 Å². The quantitative estimate of drug-likeness (QED) is 0.568. The summed E-state index contributed by atoms with van der Waals surface area (Å²) < 4.78 is 20.3. The van der Waals surface area contributed by atoms with Crippen LogP contribution in [0, 0.1) is 12.7 Å². The molecule has 0 bridgehead atoms. The average Bonchev–Trinajstić information content (AvgIpc) is 3.29. The van der Waals surface area contributed by atoms with E-state index in [1.165, 1.54) is 23.5 Å². The molecule has 6 nitrogen and oxygen atoms in total. The molecular weight excluding hydrogens is 329 g/mol. The molecule has 0 N–H and O–H groups in total. The van der Waals surface area contributed by atoms with Gasteiger partial charge in [-0.15, -0.1) is 16.4 Å². The van der Waals surface area contributed by atoms with Crippen molar-refractivity contribution in [2.75, 3.05) is 0 Å². The highest BCUT2D eigenvalue weighted by Crippen LogP contribution is 2.26. The zero-order chi connectivity index (χ0) is 16.5. The maximum atomic E-state index is 13.3. The first-order chi connectivity index (χ1) is 11.7. The van der Waals surface area contributed by atoms with Gasteiger partial charge in [0.2, 0.25) is 5.82 Å². The van der Waals surface area contributed by atoms with Crippen molar-refractivity contribution in [3.63, 3.8) is 0 Å². The van der Waals surface area contributed by atoms with E-state index in [2.05, 4.69) is 20.5 Å². The lowest BCUT2D eigenvalue weighted by Gasteiger charge is -2.03. The Morgan fingerprint density at radius 3 is 2.96 bits per heavy atom. The summed E-state index contributed by atoms with van der Waals surface area (Å²) in [6.07, 6.45) is 0. The second-order valence-electron chi connectivity index (χ2n) is 5.21. The Balaban J connectivity index is 1.62. The zero-order valence-electron chi connectivity index (χ0n) is 12.7. The van der Waals surface area contributed by atoms with Crippen molar-refractivity contribution in [2.24, 2.45) is 0 Å². The number of halogens is 1. The second kappa shape index (κ2) is 5.97. The Bertz CT molecular complexity index is 976. The number of nitrogens with zero attached hydrogens (tertiary/aromatic N) is 5. The molecular formula is C16H12FN5OS. The molecule has 0 fully saturated rings. The van der Waals surface area contributed by atoms with Gasteiger partial charge in [0, 0.05) is 0 Å². The van der Waals surface area contributed by atoms with E-state index in [1.54, 1.807) is 10.7 Å². The lowest BCUT2D eigenvalue weighted by molar-refractivity contribution is 0.433. The highest BCUT2D eigenvalue weighted by molar-refractivity contribution is 7.13. The first-order valence-electron chi connectivity index (χ1n) is 7.23. The predicted octanol–water partition coefficient (Wildman–Crippen LogP) is 3.55. The minimum atomic E-state index is -0.274. The second-order valence-corrected chi connectivity index (χ2v) is 6.16. The standard InChI is InChI=1S/C16H12FN5OS/c1-10-14(15-18-16(23-20-15)13-6-3-7-24-13)19-21-22(10)9-11-4-2-5-12(17)8-11/h2-8H,9H2,1H3. The SMILES string of the molecule is Cc1c(-c2noc(-c3cccs3)n2)nnn1Cc1cccc(F)c1. The van der Waals surface area contributed by atoms with E-state index in [4.69, 9.17) is 4.52 Å². The van der Waals surface area contributed by atoms with Crippen molar-refractivity contribution in [1.29, 1.82) is 0 Å². The van der Waals surface area contributed by atoms with E-state index in [1.807, 2.05) is 30.5 Å². The molecule has 0 radical (unpaired) electrons. The number of benzene rings is 1. The normalized spacial score (nSPS) is 11.1. The van der Waals surface area contributed by atoms with Crippen molar-refractivity contribution in [2.45, 2.75) is 13.5 Å². The molecule has 24 heavy (non-hydrogen) atoms. The van der Waals surface area contributed by atoms with Gasteiger partial charge < -0.3 is 4.52 Å². The van der Waals surface area contributed by atoms with E-state index in [0.717, 1.165) is 16.1 Å². The smallest absolute Gasteiger partial charge is 0.268 e. The summed E-state index contributed by atoms with van der Waals surface area (Å²) >= 11 is 1.52. The van der Waals surface area contributed by atoms with Crippen LogP contribution in [0.3, 0.4) is 0 Å². The molecule has 0 atom stereocenters. The third-order valence-corrected chi connectivity index (χ3v) is 4.43. The van der Waals surface area contributed by atoms with Crippen molar-refractivity contribution < 1.29 is 8.91 Å². The molecule has 4 aromatic rings. The van der Waals surface area contributed by atoms with Gasteiger partial charge in [0.25, 0.3) is 5.89 Å². The number of aromatic nitrogens is 5. The first-order valence-corrected chi connectivity index (χ1v) is 8.11. The zero-order valence-corrected chi connectivity index (χ0v) is 13.5. The van der Waals surface area contributed by atoms with Crippen LogP contribution in [0.15, 0.2) is 46.3 Å². The van der Waals surface area contributed by atoms with E-state index in [-0.39, 0.29) is 5.82 Å². The lowest BCUT2D eigenvalue weighted by atomic mass is 10.2. The topological polar surface area (TPSA) is 69.6 Å². The molecule has 3 heterocycles. The van der Waals surface area contributed by atoms with E-state index < -0.39 is 0 Å². The Labute approximate surface area is 140 Å². The fourth-order valence-electron chi connectivity index (χ4n) is 2.35. The van der Waals surface area contributed by atoms with Crippen LogP contribution in [0.2, 0.25) is 0 Å². The summed E-state index contributed by atoms with van der Waals surface area (Å²) in [5.74, 6) is 0.574. The van der Waals surface area contributed by atoms with Gasteiger partial charge in [-0.3, -0.25) is 0 Å². The Hall–Kier alpha value is -2.87. The van der Waals surface area contributed by atoms with Crippen molar-refractivity contribution >= 4 is 11.3 Å². The lowest BCUT2D eigenvalue weighted by Crippen LogP contribution is -2.04. The molecule has 120 valence electrons. The van der Waals surface area contributed by atoms with Gasteiger partial charge in [0.1, 0.15) is 5.82 Å². The van der Waals surface area contributed by atoms with Crippen LogP contribution in [-0.4, -0.2) is 25.1 Å². The van der Waals surface area contributed by atoms with E-state index >= 15 is 0 Å². The molecule has 3 aromatic heterocycles. The Morgan fingerprint density at radius 1 is 1.25 bits per heavy atom. The Kier molecular flexibility index (Phi) is 3.66. The molecule has 0 saturated heterocycles. The van der Waals surface area contributed by atoms with Crippen molar-refractivity contribution in [3.05, 3.63) is 58.9 Å². The van der Waals surface area contributed by atoms with Gasteiger partial charge in [-0.05, 0) is 36.1 Å². The maximum Gasteiger partial charge on any atom is 0.268 e. The fraction of sp³-hybridized carbons (Fsp3) is 0.125. The van der Waals surface area contributed by atoms with Crippen LogP contribution in [0.25, 0.3) is 22.3 Å². The van der Waals surface area contributed by atoms with Gasteiger partial charge in [-0.1, -0.05) is 28.6 Å². The van der Waals surface area contributed by atoms with Crippen molar-refractivity contribution in [3.8, 4) is 22.3 Å². The molecule has 0 amide bonds. The summed E-state index contributed by atoms with van der Waals surface area (Å²) in [7, 11) is 0. The molecule has 0 aliphatic rings. The predicted molar refractivity (Wildman–Crippen MR) is 86.9 cm³/mol. The van der Waals surface area contributed by atoms with E-state index in [9.17, 15) is 4.39 Å². The fourth-order valence-corrected chi connectivity index (χ4v) is 2.99. The van der Waals surface area contributed by atoms with Gasteiger partial charge >= 0.3 is 0 Å². The summed E-state index contributed by atoms with van der Waals surface area (Å²) in [6, 6.07) is 10.2. The molecule has 1 aromatic carbocycles. The van der Waals surface area contributed by atoms with Gasteiger partial charge in [0.05, 0.1) is 17.1 Å². The Morgan fingerprint density at radius 2 is 2.17 bits per heavy atom. The summed E-state index contributed by atoms with van der Waals surface area (Å²) in [5, 5.41) is 14.2. The van der Waals surface area contributed by atoms with Crippen LogP contribution < -0.4 is 0 Å². The number of hydrogen-bond acceptors (Lipinski definition) is 6. The minimum absolute atomic E-state index is 0.274.